The van der Waals surface area contributed by atoms with Crippen molar-refractivity contribution in [2.45, 2.75) is 36.5 Å². The zero-order valence-corrected chi connectivity index (χ0v) is 11.8. The summed E-state index contributed by atoms with van der Waals surface area (Å²) < 4.78 is 0. The molecule has 1 N–H and O–H groups in total. The molecule has 0 bridgehead atoms. The number of benzene rings is 2. The van der Waals surface area contributed by atoms with Gasteiger partial charge in [0.05, 0.1) is 11.4 Å². The highest BCUT2D eigenvalue weighted by molar-refractivity contribution is 7.99. The number of anilines is 2. The van der Waals surface area contributed by atoms with Crippen molar-refractivity contribution in [3.8, 4) is 0 Å². The van der Waals surface area contributed by atoms with E-state index >= 15 is 0 Å². The van der Waals surface area contributed by atoms with Crippen LogP contribution < -0.4 is 5.32 Å². The Labute approximate surface area is 113 Å². The number of hydrogen-bond acceptors (Lipinski definition) is 2. The molecule has 0 unspecified atom stereocenters. The van der Waals surface area contributed by atoms with E-state index in [2.05, 4.69) is 62.5 Å². The van der Waals surface area contributed by atoms with E-state index in [4.69, 9.17) is 0 Å². The first-order valence-electron chi connectivity index (χ1n) is 6.34. The first-order chi connectivity index (χ1) is 8.66. The molecule has 0 radical (unpaired) electrons. The maximum absolute atomic E-state index is 3.64. The van der Waals surface area contributed by atoms with E-state index < -0.39 is 0 Å². The molecule has 2 aromatic carbocycles. The van der Waals surface area contributed by atoms with Gasteiger partial charge in [0.2, 0.25) is 0 Å². The molecule has 0 amide bonds. The van der Waals surface area contributed by atoms with Crippen LogP contribution in [0.2, 0.25) is 0 Å². The Morgan fingerprint density at radius 3 is 2.33 bits per heavy atom. The molecule has 0 saturated heterocycles. The van der Waals surface area contributed by atoms with Gasteiger partial charge in [0.1, 0.15) is 0 Å². The molecule has 3 rings (SSSR count). The molecule has 0 saturated carbocycles. The number of hydrogen-bond donors (Lipinski definition) is 1. The third-order valence-electron chi connectivity index (χ3n) is 3.38. The average Bonchev–Trinajstić information content (AvgIpc) is 2.36. The second-order valence-electron chi connectivity index (χ2n) is 5.05. The van der Waals surface area contributed by atoms with Crippen LogP contribution in [-0.4, -0.2) is 0 Å². The van der Waals surface area contributed by atoms with E-state index in [-0.39, 0.29) is 0 Å². The van der Waals surface area contributed by atoms with E-state index in [1.165, 1.54) is 32.3 Å². The number of para-hydroxylation sites is 2. The van der Waals surface area contributed by atoms with Crippen molar-refractivity contribution in [2.75, 3.05) is 5.32 Å². The summed E-state index contributed by atoms with van der Waals surface area (Å²) in [5.74, 6) is 0.540. The predicted molar refractivity (Wildman–Crippen MR) is 79.1 cm³/mol. The lowest BCUT2D eigenvalue weighted by Crippen LogP contribution is -2.05. The Balaban J connectivity index is 2.14. The molecule has 1 heterocycles. The zero-order valence-electron chi connectivity index (χ0n) is 10.9. The van der Waals surface area contributed by atoms with Gasteiger partial charge in [-0.15, -0.1) is 0 Å². The van der Waals surface area contributed by atoms with Crippen molar-refractivity contribution < 1.29 is 0 Å². The third-order valence-corrected chi connectivity index (χ3v) is 4.51. The lowest BCUT2D eigenvalue weighted by atomic mass is 10.0. The van der Waals surface area contributed by atoms with E-state index in [1.807, 2.05) is 11.8 Å². The van der Waals surface area contributed by atoms with Crippen LogP contribution in [0, 0.1) is 6.92 Å². The van der Waals surface area contributed by atoms with Crippen molar-refractivity contribution in [1.29, 1.82) is 0 Å². The Kier molecular flexibility index (Phi) is 2.83. The van der Waals surface area contributed by atoms with Gasteiger partial charge in [-0.2, -0.15) is 0 Å². The monoisotopic (exact) mass is 255 g/mol. The molecular formula is C16H17NS. The zero-order chi connectivity index (χ0) is 12.7. The lowest BCUT2D eigenvalue weighted by molar-refractivity contribution is 0.864. The fourth-order valence-electron chi connectivity index (χ4n) is 2.38. The second kappa shape index (κ2) is 4.36. The molecule has 0 aliphatic carbocycles. The van der Waals surface area contributed by atoms with Crippen LogP contribution in [0.1, 0.15) is 30.9 Å². The van der Waals surface area contributed by atoms with Gasteiger partial charge in [0.25, 0.3) is 0 Å². The summed E-state index contributed by atoms with van der Waals surface area (Å²) in [7, 11) is 0. The highest BCUT2D eigenvalue weighted by Gasteiger charge is 2.20. The van der Waals surface area contributed by atoms with Gasteiger partial charge in [-0.1, -0.05) is 49.9 Å². The fourth-order valence-corrected chi connectivity index (χ4v) is 3.49. The smallest absolute Gasteiger partial charge is 0.0561 e. The Morgan fingerprint density at radius 1 is 0.944 bits per heavy atom. The summed E-state index contributed by atoms with van der Waals surface area (Å²) in [6, 6.07) is 13.1. The van der Waals surface area contributed by atoms with Crippen molar-refractivity contribution in [1.82, 2.24) is 0 Å². The van der Waals surface area contributed by atoms with Crippen LogP contribution in [-0.2, 0) is 0 Å². The number of rotatable bonds is 1. The maximum Gasteiger partial charge on any atom is 0.0561 e. The van der Waals surface area contributed by atoms with Crippen LogP contribution in [0.25, 0.3) is 0 Å². The minimum Gasteiger partial charge on any atom is -0.353 e. The predicted octanol–water partition coefficient (Wildman–Crippen LogP) is 5.33. The fraction of sp³-hybridized carbons (Fsp3) is 0.250. The van der Waals surface area contributed by atoms with Gasteiger partial charge in [-0.3, -0.25) is 0 Å². The quantitative estimate of drug-likeness (QED) is 0.631. The molecule has 0 fully saturated rings. The van der Waals surface area contributed by atoms with Crippen LogP contribution in [0.5, 0.6) is 0 Å². The van der Waals surface area contributed by atoms with Crippen LogP contribution >= 0.6 is 11.8 Å². The normalized spacial score (nSPS) is 12.9. The molecular weight excluding hydrogens is 238 g/mol. The van der Waals surface area contributed by atoms with Crippen molar-refractivity contribution in [2.24, 2.45) is 0 Å². The first kappa shape index (κ1) is 11.7. The van der Waals surface area contributed by atoms with Gasteiger partial charge >= 0.3 is 0 Å². The number of nitrogens with one attached hydrogen (secondary N) is 1. The summed E-state index contributed by atoms with van der Waals surface area (Å²) in [6.07, 6.45) is 0. The van der Waals surface area contributed by atoms with E-state index in [0.29, 0.717) is 5.92 Å². The first-order valence-corrected chi connectivity index (χ1v) is 7.16. The minimum atomic E-state index is 0.540. The Bertz CT molecular complexity index is 602. The van der Waals surface area contributed by atoms with Crippen molar-refractivity contribution >= 4 is 23.1 Å². The summed E-state index contributed by atoms with van der Waals surface area (Å²) in [5, 5.41) is 3.64. The standard InChI is InChI=1S/C16H17NS/c1-10(2)12-7-5-9-14-16(12)17-15-11(3)6-4-8-13(15)18-14/h4-10,17H,1-3H3. The third kappa shape index (κ3) is 1.81. The molecule has 0 spiro atoms. The summed E-state index contributed by atoms with van der Waals surface area (Å²) >= 11 is 1.87. The maximum atomic E-state index is 3.64. The molecule has 1 aliphatic rings. The van der Waals surface area contributed by atoms with Gasteiger partial charge in [0, 0.05) is 9.79 Å². The summed E-state index contributed by atoms with van der Waals surface area (Å²) in [4.78, 5) is 2.66. The average molecular weight is 255 g/mol. The van der Waals surface area contributed by atoms with Crippen LogP contribution in [0.3, 0.4) is 0 Å². The topological polar surface area (TPSA) is 12.0 Å². The van der Waals surface area contributed by atoms with Gasteiger partial charge in [-0.05, 0) is 36.1 Å². The van der Waals surface area contributed by atoms with Crippen LogP contribution in [0.4, 0.5) is 11.4 Å². The van der Waals surface area contributed by atoms with Crippen molar-refractivity contribution in [3.63, 3.8) is 0 Å². The largest absolute Gasteiger partial charge is 0.353 e. The SMILES string of the molecule is Cc1cccc2c1Nc1c(cccc1C(C)C)S2. The summed E-state index contributed by atoms with van der Waals surface area (Å²) in [5.41, 5.74) is 5.26. The molecule has 2 aromatic rings. The molecule has 0 aromatic heterocycles. The minimum absolute atomic E-state index is 0.540. The van der Waals surface area contributed by atoms with E-state index in [0.717, 1.165) is 0 Å². The lowest BCUT2D eigenvalue weighted by Gasteiger charge is -2.25. The second-order valence-corrected chi connectivity index (χ2v) is 6.13. The van der Waals surface area contributed by atoms with E-state index in [9.17, 15) is 0 Å². The Morgan fingerprint density at radius 2 is 1.61 bits per heavy atom. The Hall–Kier alpha value is -1.41. The van der Waals surface area contributed by atoms with Gasteiger partial charge < -0.3 is 5.32 Å². The molecule has 18 heavy (non-hydrogen) atoms. The number of aryl methyl sites for hydroxylation is 1. The number of fused-ring (bicyclic) bond motifs is 2. The molecule has 92 valence electrons. The van der Waals surface area contributed by atoms with Gasteiger partial charge in [0.15, 0.2) is 0 Å². The molecule has 2 heteroatoms. The highest BCUT2D eigenvalue weighted by atomic mass is 32.2. The highest BCUT2D eigenvalue weighted by Crippen LogP contribution is 2.47. The summed E-state index contributed by atoms with van der Waals surface area (Å²) in [6.45, 7) is 6.65. The molecule has 1 nitrogen and oxygen atoms in total. The molecule has 0 atom stereocenters. The van der Waals surface area contributed by atoms with Gasteiger partial charge in [-0.25, -0.2) is 0 Å². The molecule has 1 aliphatic heterocycles. The van der Waals surface area contributed by atoms with E-state index in [1.54, 1.807) is 0 Å². The van der Waals surface area contributed by atoms with Crippen LogP contribution in [0.15, 0.2) is 46.2 Å². The van der Waals surface area contributed by atoms with Crippen molar-refractivity contribution in [3.05, 3.63) is 47.5 Å².